The minimum Gasteiger partial charge on any atom is -0.297 e. The fraction of sp³-hybridized carbons (Fsp3) is 0.500. The van der Waals surface area contributed by atoms with Crippen LogP contribution in [0.25, 0.3) is 0 Å². The van der Waals surface area contributed by atoms with Gasteiger partial charge in [0.05, 0.1) is 6.21 Å². The molecule has 0 bridgehead atoms. The average molecular weight is 216 g/mol. The van der Waals surface area contributed by atoms with Gasteiger partial charge in [-0.1, -0.05) is 42.7 Å². The van der Waals surface area contributed by atoms with Crippen LogP contribution in [0.3, 0.4) is 0 Å². The second-order valence-corrected chi connectivity index (χ2v) is 4.52. The quantitative estimate of drug-likeness (QED) is 0.693. The lowest BCUT2D eigenvalue weighted by molar-refractivity contribution is 0.302. The minimum absolute atomic E-state index is 1.11. The molecule has 1 heterocycles. The van der Waals surface area contributed by atoms with Crippen molar-refractivity contribution < 1.29 is 0 Å². The maximum absolute atomic E-state index is 4.55. The van der Waals surface area contributed by atoms with Gasteiger partial charge in [-0.15, -0.1) is 0 Å². The first-order chi connectivity index (χ1) is 7.84. The normalized spacial score (nSPS) is 17.7. The van der Waals surface area contributed by atoms with Crippen LogP contribution in [0.2, 0.25) is 0 Å². The van der Waals surface area contributed by atoms with Crippen molar-refractivity contribution in [1.82, 2.24) is 5.01 Å². The highest BCUT2D eigenvalue weighted by Crippen LogP contribution is 2.09. The third kappa shape index (κ3) is 3.37. The predicted molar refractivity (Wildman–Crippen MR) is 68.8 cm³/mol. The lowest BCUT2D eigenvalue weighted by Crippen LogP contribution is -2.18. The summed E-state index contributed by atoms with van der Waals surface area (Å²) in [5.41, 5.74) is 2.49. The SMILES string of the molecule is Cc1ccc(/C=N/N2CCCCCC2)cc1. The van der Waals surface area contributed by atoms with Gasteiger partial charge < -0.3 is 0 Å². The van der Waals surface area contributed by atoms with Crippen molar-refractivity contribution in [1.29, 1.82) is 0 Å². The smallest absolute Gasteiger partial charge is 0.0542 e. The second kappa shape index (κ2) is 5.69. The number of hydrogen-bond donors (Lipinski definition) is 0. The molecular weight excluding hydrogens is 196 g/mol. The Labute approximate surface area is 98.0 Å². The average Bonchev–Trinajstić information content (AvgIpc) is 2.57. The van der Waals surface area contributed by atoms with E-state index >= 15 is 0 Å². The van der Waals surface area contributed by atoms with Gasteiger partial charge in [0.25, 0.3) is 0 Å². The molecule has 2 nitrogen and oxygen atoms in total. The van der Waals surface area contributed by atoms with Crippen molar-refractivity contribution in [2.45, 2.75) is 32.6 Å². The van der Waals surface area contributed by atoms with E-state index in [9.17, 15) is 0 Å². The van der Waals surface area contributed by atoms with E-state index in [0.29, 0.717) is 0 Å². The van der Waals surface area contributed by atoms with E-state index in [1.54, 1.807) is 0 Å². The van der Waals surface area contributed by atoms with Crippen molar-refractivity contribution in [3.8, 4) is 0 Å². The molecule has 0 unspecified atom stereocenters. The first-order valence-corrected chi connectivity index (χ1v) is 6.20. The Morgan fingerprint density at radius 1 is 1.00 bits per heavy atom. The Kier molecular flexibility index (Phi) is 3.97. The molecule has 0 N–H and O–H groups in total. The Hall–Kier alpha value is -1.31. The van der Waals surface area contributed by atoms with E-state index in [1.165, 1.54) is 36.8 Å². The standard InChI is InChI=1S/C14H20N2/c1-13-6-8-14(9-7-13)12-15-16-10-4-2-3-5-11-16/h6-9,12H,2-5,10-11H2,1H3/b15-12+. The maximum atomic E-state index is 4.55. The maximum Gasteiger partial charge on any atom is 0.0542 e. The van der Waals surface area contributed by atoms with Crippen LogP contribution in [-0.2, 0) is 0 Å². The van der Waals surface area contributed by atoms with Gasteiger partial charge in [-0.3, -0.25) is 5.01 Å². The first-order valence-electron chi connectivity index (χ1n) is 6.20. The number of hydrazone groups is 1. The largest absolute Gasteiger partial charge is 0.297 e. The number of benzene rings is 1. The summed E-state index contributed by atoms with van der Waals surface area (Å²) in [5.74, 6) is 0. The summed E-state index contributed by atoms with van der Waals surface area (Å²) in [6, 6.07) is 8.50. The van der Waals surface area contributed by atoms with E-state index in [-0.39, 0.29) is 0 Å². The van der Waals surface area contributed by atoms with Gasteiger partial charge in [-0.05, 0) is 25.3 Å². The van der Waals surface area contributed by atoms with E-state index in [1.807, 2.05) is 6.21 Å². The molecule has 1 fully saturated rings. The van der Waals surface area contributed by atoms with Gasteiger partial charge in [0, 0.05) is 13.1 Å². The molecular formula is C14H20N2. The van der Waals surface area contributed by atoms with Crippen LogP contribution in [-0.4, -0.2) is 24.3 Å². The van der Waals surface area contributed by atoms with Crippen LogP contribution in [0, 0.1) is 6.92 Å². The Morgan fingerprint density at radius 2 is 1.62 bits per heavy atom. The Balaban J connectivity index is 1.94. The fourth-order valence-electron chi connectivity index (χ4n) is 1.97. The minimum atomic E-state index is 1.11. The summed E-state index contributed by atoms with van der Waals surface area (Å²) in [6.45, 7) is 4.33. The molecule has 0 aliphatic carbocycles. The molecule has 86 valence electrons. The zero-order valence-corrected chi connectivity index (χ0v) is 10.0. The van der Waals surface area contributed by atoms with Crippen molar-refractivity contribution in [2.75, 3.05) is 13.1 Å². The summed E-state index contributed by atoms with van der Waals surface area (Å²) < 4.78 is 0. The van der Waals surface area contributed by atoms with Gasteiger partial charge in [0.1, 0.15) is 0 Å². The molecule has 1 aliphatic heterocycles. The molecule has 0 amide bonds. The summed E-state index contributed by atoms with van der Waals surface area (Å²) in [6.07, 6.45) is 7.26. The molecule has 0 radical (unpaired) electrons. The second-order valence-electron chi connectivity index (χ2n) is 4.52. The highest BCUT2D eigenvalue weighted by Gasteiger charge is 2.04. The zero-order valence-electron chi connectivity index (χ0n) is 10.0. The molecule has 1 aromatic rings. The molecule has 2 heteroatoms. The number of hydrogen-bond acceptors (Lipinski definition) is 2. The van der Waals surface area contributed by atoms with E-state index in [0.717, 1.165) is 13.1 Å². The topological polar surface area (TPSA) is 15.6 Å². The Bertz CT molecular complexity index is 332. The van der Waals surface area contributed by atoms with Crippen molar-refractivity contribution in [2.24, 2.45) is 5.10 Å². The first kappa shape index (κ1) is 11.2. The highest BCUT2D eigenvalue weighted by molar-refractivity contribution is 5.79. The third-order valence-corrected chi connectivity index (χ3v) is 3.03. The van der Waals surface area contributed by atoms with E-state index in [2.05, 4.69) is 41.3 Å². The zero-order chi connectivity index (χ0) is 11.2. The van der Waals surface area contributed by atoms with Gasteiger partial charge >= 0.3 is 0 Å². The molecule has 1 saturated heterocycles. The molecule has 16 heavy (non-hydrogen) atoms. The fourth-order valence-corrected chi connectivity index (χ4v) is 1.97. The van der Waals surface area contributed by atoms with E-state index < -0.39 is 0 Å². The lowest BCUT2D eigenvalue weighted by atomic mass is 10.2. The van der Waals surface area contributed by atoms with Crippen LogP contribution in [0.15, 0.2) is 29.4 Å². The summed E-state index contributed by atoms with van der Waals surface area (Å²) >= 11 is 0. The number of aryl methyl sites for hydroxylation is 1. The molecule has 1 aromatic carbocycles. The van der Waals surface area contributed by atoms with Gasteiger partial charge in [-0.2, -0.15) is 5.10 Å². The van der Waals surface area contributed by atoms with Crippen LogP contribution in [0.1, 0.15) is 36.8 Å². The van der Waals surface area contributed by atoms with Crippen molar-refractivity contribution in [3.63, 3.8) is 0 Å². The predicted octanol–water partition coefficient (Wildman–Crippen LogP) is 3.20. The van der Waals surface area contributed by atoms with Gasteiger partial charge in [-0.25, -0.2) is 0 Å². The highest BCUT2D eigenvalue weighted by atomic mass is 15.4. The Morgan fingerprint density at radius 3 is 2.25 bits per heavy atom. The molecule has 0 atom stereocenters. The van der Waals surface area contributed by atoms with Gasteiger partial charge in [0.2, 0.25) is 0 Å². The van der Waals surface area contributed by atoms with Crippen LogP contribution < -0.4 is 0 Å². The van der Waals surface area contributed by atoms with Crippen LogP contribution in [0.4, 0.5) is 0 Å². The molecule has 0 saturated carbocycles. The number of rotatable bonds is 2. The summed E-state index contributed by atoms with van der Waals surface area (Å²) in [4.78, 5) is 0. The molecule has 2 rings (SSSR count). The molecule has 0 spiro atoms. The van der Waals surface area contributed by atoms with Gasteiger partial charge in [0.15, 0.2) is 0 Å². The van der Waals surface area contributed by atoms with E-state index in [4.69, 9.17) is 0 Å². The lowest BCUT2D eigenvalue weighted by Gasteiger charge is -2.15. The molecule has 0 aromatic heterocycles. The third-order valence-electron chi connectivity index (χ3n) is 3.03. The van der Waals surface area contributed by atoms with Crippen molar-refractivity contribution in [3.05, 3.63) is 35.4 Å². The number of nitrogens with zero attached hydrogens (tertiary/aromatic N) is 2. The van der Waals surface area contributed by atoms with Crippen molar-refractivity contribution >= 4 is 6.21 Å². The summed E-state index contributed by atoms with van der Waals surface area (Å²) in [5, 5.41) is 6.75. The van der Waals surface area contributed by atoms with Crippen LogP contribution >= 0.6 is 0 Å². The van der Waals surface area contributed by atoms with Crippen LogP contribution in [0.5, 0.6) is 0 Å². The summed E-state index contributed by atoms with van der Waals surface area (Å²) in [7, 11) is 0. The molecule has 1 aliphatic rings. The monoisotopic (exact) mass is 216 g/mol.